The molecule has 0 radical (unpaired) electrons. The van der Waals surface area contributed by atoms with Crippen LogP contribution in [0.5, 0.6) is 5.75 Å². The van der Waals surface area contributed by atoms with E-state index in [-0.39, 0.29) is 16.7 Å². The van der Waals surface area contributed by atoms with Gasteiger partial charge in [0.15, 0.2) is 17.5 Å². The van der Waals surface area contributed by atoms with Crippen molar-refractivity contribution in [3.8, 4) is 39.1 Å². The van der Waals surface area contributed by atoms with Crippen molar-refractivity contribution in [2.24, 2.45) is 0 Å². The summed E-state index contributed by atoms with van der Waals surface area (Å²) in [5.41, 5.74) is -2.58. The summed E-state index contributed by atoms with van der Waals surface area (Å²) >= 11 is 0. The number of rotatable bonds is 10. The third-order valence-corrected chi connectivity index (χ3v) is 7.51. The molecule has 1 nitrogen and oxygen atoms in total. The van der Waals surface area contributed by atoms with Crippen LogP contribution in [0, 0.1) is 46.5 Å². The predicted molar refractivity (Wildman–Crippen MR) is 157 cm³/mol. The van der Waals surface area contributed by atoms with Gasteiger partial charge in [-0.05, 0) is 83.6 Å². The zero-order valence-electron chi connectivity index (χ0n) is 24.5. The molecule has 47 heavy (non-hydrogen) atoms. The summed E-state index contributed by atoms with van der Waals surface area (Å²) in [7, 11) is 0. The van der Waals surface area contributed by atoms with Crippen molar-refractivity contribution in [3.63, 3.8) is 0 Å². The molecule has 5 aromatic rings. The van der Waals surface area contributed by atoms with Crippen molar-refractivity contribution < 1.29 is 48.6 Å². The van der Waals surface area contributed by atoms with Crippen LogP contribution in [0.1, 0.15) is 37.3 Å². The average molecular weight is 663 g/mol. The molecule has 0 aromatic heterocycles. The van der Waals surface area contributed by atoms with Crippen LogP contribution in [-0.2, 0) is 12.5 Å². The summed E-state index contributed by atoms with van der Waals surface area (Å²) < 4.78 is 149. The number of aryl methyl sites for hydroxylation is 1. The van der Waals surface area contributed by atoms with Crippen LogP contribution >= 0.6 is 0 Å². The van der Waals surface area contributed by atoms with Crippen LogP contribution in [0.4, 0.5) is 43.9 Å². The monoisotopic (exact) mass is 662 g/mol. The number of benzene rings is 5. The Bertz CT molecular complexity index is 1910. The summed E-state index contributed by atoms with van der Waals surface area (Å²) in [6.07, 6.45) is -1.14. The molecule has 0 saturated carbocycles. The molecule has 0 fully saturated rings. The van der Waals surface area contributed by atoms with Gasteiger partial charge in [0.1, 0.15) is 40.4 Å². The highest BCUT2D eigenvalue weighted by Crippen LogP contribution is 2.39. The molecule has 0 heterocycles. The van der Waals surface area contributed by atoms with E-state index in [1.807, 2.05) is 6.92 Å². The minimum absolute atomic E-state index is 0.0978. The number of alkyl halides is 2. The van der Waals surface area contributed by atoms with E-state index in [1.54, 1.807) is 6.07 Å². The third kappa shape index (κ3) is 7.13. The van der Waals surface area contributed by atoms with E-state index in [0.29, 0.717) is 36.8 Å². The maximum absolute atomic E-state index is 15.1. The maximum atomic E-state index is 15.1. The molecule has 0 saturated heterocycles. The zero-order valence-corrected chi connectivity index (χ0v) is 24.5. The van der Waals surface area contributed by atoms with Crippen molar-refractivity contribution in [3.05, 3.63) is 137 Å². The van der Waals surface area contributed by atoms with E-state index in [4.69, 9.17) is 0 Å². The second kappa shape index (κ2) is 13.5. The highest BCUT2D eigenvalue weighted by molar-refractivity contribution is 5.72. The van der Waals surface area contributed by atoms with Crippen molar-refractivity contribution in [1.29, 1.82) is 0 Å². The van der Waals surface area contributed by atoms with Gasteiger partial charge in [-0.2, -0.15) is 8.78 Å². The van der Waals surface area contributed by atoms with Gasteiger partial charge in [-0.1, -0.05) is 44.0 Å². The standard InChI is InChI=1S/C36H24F10O/c1-2-3-4-5-19-6-9-24(27(37)12-19)20-7-10-25(28(38)13-20)21-14-30(40)34(31(41)15-21)36(45,46)47-23-8-11-26(29(39)18-23)22-16-32(42)35(44)33(43)17-22/h6-18H,2-5H2,1H3. The lowest BCUT2D eigenvalue weighted by Gasteiger charge is -2.20. The van der Waals surface area contributed by atoms with Gasteiger partial charge in [-0.3, -0.25) is 0 Å². The number of halogens is 10. The Kier molecular flexibility index (Phi) is 9.65. The second-order valence-electron chi connectivity index (χ2n) is 10.8. The van der Waals surface area contributed by atoms with Crippen LogP contribution in [0.3, 0.4) is 0 Å². The molecule has 244 valence electrons. The first kappa shape index (κ1) is 33.6. The lowest BCUT2D eigenvalue weighted by molar-refractivity contribution is -0.189. The largest absolute Gasteiger partial charge is 0.432 e. The maximum Gasteiger partial charge on any atom is 0.432 e. The molecule has 0 amide bonds. The highest BCUT2D eigenvalue weighted by atomic mass is 19.3. The van der Waals surface area contributed by atoms with Gasteiger partial charge in [0.25, 0.3) is 0 Å². The summed E-state index contributed by atoms with van der Waals surface area (Å²) in [6, 6.07) is 11.8. The predicted octanol–water partition coefficient (Wildman–Crippen LogP) is 11.7. The minimum atomic E-state index is -4.71. The Morgan fingerprint density at radius 2 is 1.00 bits per heavy atom. The van der Waals surface area contributed by atoms with Gasteiger partial charge in [-0.25, -0.2) is 35.1 Å². The lowest BCUT2D eigenvalue weighted by atomic mass is 9.96. The van der Waals surface area contributed by atoms with Crippen LogP contribution in [0.2, 0.25) is 0 Å². The average Bonchev–Trinajstić information content (AvgIpc) is 2.99. The van der Waals surface area contributed by atoms with Crippen LogP contribution in [0.15, 0.2) is 78.9 Å². The van der Waals surface area contributed by atoms with E-state index < -0.39 is 80.6 Å². The first-order chi connectivity index (χ1) is 22.3. The lowest BCUT2D eigenvalue weighted by Crippen LogP contribution is -2.25. The third-order valence-electron chi connectivity index (χ3n) is 7.51. The van der Waals surface area contributed by atoms with Crippen molar-refractivity contribution in [2.45, 2.75) is 38.7 Å². The molecule has 0 aliphatic rings. The smallest absolute Gasteiger partial charge is 0.429 e. The van der Waals surface area contributed by atoms with Crippen LogP contribution < -0.4 is 4.74 Å². The van der Waals surface area contributed by atoms with Gasteiger partial charge < -0.3 is 4.74 Å². The minimum Gasteiger partial charge on any atom is -0.429 e. The molecule has 0 bridgehead atoms. The molecule has 0 aliphatic heterocycles. The quantitative estimate of drug-likeness (QED) is 0.0822. The van der Waals surface area contributed by atoms with Gasteiger partial charge in [-0.15, -0.1) is 0 Å². The van der Waals surface area contributed by atoms with E-state index >= 15 is 13.2 Å². The Hall–Kier alpha value is -4.80. The zero-order chi connectivity index (χ0) is 34.0. The fourth-order valence-electron chi connectivity index (χ4n) is 5.15. The molecular formula is C36H24F10O. The van der Waals surface area contributed by atoms with E-state index in [1.165, 1.54) is 18.2 Å². The Balaban J connectivity index is 1.38. The highest BCUT2D eigenvalue weighted by Gasteiger charge is 2.41. The van der Waals surface area contributed by atoms with E-state index in [2.05, 4.69) is 4.74 Å². The van der Waals surface area contributed by atoms with Gasteiger partial charge in [0.05, 0.1) is 0 Å². The van der Waals surface area contributed by atoms with E-state index in [0.717, 1.165) is 49.1 Å². The number of ether oxygens (including phenoxy) is 1. The fraction of sp³-hybridized carbons (Fsp3) is 0.167. The second-order valence-corrected chi connectivity index (χ2v) is 10.8. The summed E-state index contributed by atoms with van der Waals surface area (Å²) in [4.78, 5) is 0. The fourth-order valence-corrected chi connectivity index (χ4v) is 5.15. The molecule has 0 N–H and O–H groups in total. The number of hydrogen-bond acceptors (Lipinski definition) is 1. The molecule has 0 spiro atoms. The Morgan fingerprint density at radius 3 is 1.55 bits per heavy atom. The topological polar surface area (TPSA) is 9.23 Å². The van der Waals surface area contributed by atoms with Crippen molar-refractivity contribution >= 4 is 0 Å². The molecule has 5 aromatic carbocycles. The van der Waals surface area contributed by atoms with Gasteiger partial charge >= 0.3 is 6.11 Å². The van der Waals surface area contributed by atoms with Crippen molar-refractivity contribution in [2.75, 3.05) is 0 Å². The van der Waals surface area contributed by atoms with Crippen LogP contribution in [0.25, 0.3) is 33.4 Å². The first-order valence-electron chi connectivity index (χ1n) is 14.4. The summed E-state index contributed by atoms with van der Waals surface area (Å²) in [5.74, 6) is -12.5. The first-order valence-corrected chi connectivity index (χ1v) is 14.4. The molecule has 0 atom stereocenters. The molecular weight excluding hydrogens is 638 g/mol. The van der Waals surface area contributed by atoms with Gasteiger partial charge in [0.2, 0.25) is 0 Å². The van der Waals surface area contributed by atoms with E-state index in [9.17, 15) is 30.7 Å². The Morgan fingerprint density at radius 1 is 0.511 bits per heavy atom. The number of hydrogen-bond donors (Lipinski definition) is 0. The molecule has 11 heteroatoms. The molecule has 5 rings (SSSR count). The normalized spacial score (nSPS) is 11.6. The Labute approximate surface area is 263 Å². The van der Waals surface area contributed by atoms with Crippen molar-refractivity contribution in [1.82, 2.24) is 0 Å². The summed E-state index contributed by atoms with van der Waals surface area (Å²) in [5, 5.41) is 0. The number of unbranched alkanes of at least 4 members (excludes halogenated alkanes) is 2. The molecule has 0 aliphatic carbocycles. The summed E-state index contributed by atoms with van der Waals surface area (Å²) in [6.45, 7) is 2.05. The SMILES string of the molecule is CCCCCc1ccc(-c2ccc(-c3cc(F)c(C(F)(F)Oc4ccc(-c5cc(F)c(F)c(F)c5)c(F)c4)c(F)c3)c(F)c2)c(F)c1. The van der Waals surface area contributed by atoms with Crippen LogP contribution in [-0.4, -0.2) is 0 Å². The molecule has 0 unspecified atom stereocenters. The van der Waals surface area contributed by atoms with Gasteiger partial charge in [0, 0.05) is 22.8 Å².